The normalized spacial score (nSPS) is 16.2. The zero-order valence-electron chi connectivity index (χ0n) is 14.0. The largest absolute Gasteiger partial charge is 0.395 e. The summed E-state index contributed by atoms with van der Waals surface area (Å²) in [6.45, 7) is 3.11. The summed E-state index contributed by atoms with van der Waals surface area (Å²) in [6.07, 6.45) is 2.20. The number of carbonyl (C=O) groups is 1. The lowest BCUT2D eigenvalue weighted by atomic mass is 10.1. The maximum absolute atomic E-state index is 11.1. The average Bonchev–Trinajstić information content (AvgIpc) is 3.00. The van der Waals surface area contributed by atoms with Crippen molar-refractivity contribution in [1.29, 1.82) is 0 Å². The molecule has 0 saturated heterocycles. The topological polar surface area (TPSA) is 52.6 Å². The minimum Gasteiger partial charge on any atom is -0.395 e. The highest BCUT2D eigenvalue weighted by Crippen LogP contribution is 2.36. The van der Waals surface area contributed by atoms with Crippen LogP contribution in [0.2, 0.25) is 0 Å². The molecule has 2 aromatic rings. The highest BCUT2D eigenvalue weighted by atomic mass is 16.3. The van der Waals surface area contributed by atoms with Crippen LogP contribution in [-0.4, -0.2) is 29.1 Å². The summed E-state index contributed by atoms with van der Waals surface area (Å²) >= 11 is 0. The summed E-state index contributed by atoms with van der Waals surface area (Å²) in [5.74, 6) is -0.0628. The molecule has 0 saturated carbocycles. The molecule has 1 atom stereocenters. The van der Waals surface area contributed by atoms with Crippen LogP contribution in [0.3, 0.4) is 0 Å². The minimum atomic E-state index is -0.0628. The highest BCUT2D eigenvalue weighted by molar-refractivity contribution is 5.88. The molecule has 4 nitrogen and oxygen atoms in total. The number of aryl methyl sites for hydroxylation is 1. The molecule has 0 aliphatic heterocycles. The predicted octanol–water partition coefficient (Wildman–Crippen LogP) is 3.13. The summed E-state index contributed by atoms with van der Waals surface area (Å²) < 4.78 is 0. The first kappa shape index (κ1) is 16.7. The van der Waals surface area contributed by atoms with Gasteiger partial charge in [0.2, 0.25) is 5.91 Å². The number of aliphatic hydroxyl groups excluding tert-OH is 1. The molecule has 4 heteroatoms. The van der Waals surface area contributed by atoms with Crippen molar-refractivity contribution in [1.82, 2.24) is 4.90 Å². The van der Waals surface area contributed by atoms with E-state index in [4.69, 9.17) is 0 Å². The molecule has 0 aromatic heterocycles. The number of carbonyl (C=O) groups excluding carboxylic acids is 1. The van der Waals surface area contributed by atoms with Gasteiger partial charge in [-0.15, -0.1) is 0 Å². The van der Waals surface area contributed by atoms with E-state index in [9.17, 15) is 9.90 Å². The highest BCUT2D eigenvalue weighted by Gasteiger charge is 2.27. The Balaban J connectivity index is 1.74. The summed E-state index contributed by atoms with van der Waals surface area (Å²) in [4.78, 5) is 13.5. The van der Waals surface area contributed by atoms with Crippen LogP contribution < -0.4 is 5.32 Å². The number of anilines is 1. The Bertz CT molecular complexity index is 697. The smallest absolute Gasteiger partial charge is 0.221 e. The molecule has 0 spiro atoms. The lowest BCUT2D eigenvalue weighted by Gasteiger charge is -2.29. The van der Waals surface area contributed by atoms with Gasteiger partial charge in [-0.1, -0.05) is 36.4 Å². The van der Waals surface area contributed by atoms with E-state index in [1.54, 1.807) is 0 Å². The fourth-order valence-electron chi connectivity index (χ4n) is 3.52. The Hall–Kier alpha value is -2.17. The number of hydrogen-bond acceptors (Lipinski definition) is 3. The second-order valence-corrected chi connectivity index (χ2v) is 6.33. The van der Waals surface area contributed by atoms with E-state index in [1.165, 1.54) is 23.6 Å². The molecule has 1 aliphatic carbocycles. The van der Waals surface area contributed by atoms with Crippen molar-refractivity contribution in [3.63, 3.8) is 0 Å². The van der Waals surface area contributed by atoms with Crippen molar-refractivity contribution in [2.24, 2.45) is 0 Å². The van der Waals surface area contributed by atoms with Crippen molar-refractivity contribution < 1.29 is 9.90 Å². The standard InChI is InChI=1S/C20H24N2O2/c1-15(24)21-18-9-6-16(7-10-18)14-22(12-13-23)20-11-8-17-4-2-3-5-19(17)20/h2-7,9-10,20,23H,8,11-14H2,1H3,(H,21,24)/t20-/m0/s1. The molecule has 0 heterocycles. The molecule has 126 valence electrons. The van der Waals surface area contributed by atoms with Crippen LogP contribution in [-0.2, 0) is 17.8 Å². The molecule has 0 bridgehead atoms. The summed E-state index contributed by atoms with van der Waals surface area (Å²) in [5, 5.41) is 12.3. The van der Waals surface area contributed by atoms with Gasteiger partial charge < -0.3 is 10.4 Å². The van der Waals surface area contributed by atoms with Gasteiger partial charge in [-0.3, -0.25) is 9.69 Å². The number of nitrogens with zero attached hydrogens (tertiary/aromatic N) is 1. The quantitative estimate of drug-likeness (QED) is 0.858. The van der Waals surface area contributed by atoms with Gasteiger partial charge in [0.1, 0.15) is 0 Å². The Kier molecular flexibility index (Phi) is 5.28. The summed E-state index contributed by atoms with van der Waals surface area (Å²) in [6, 6.07) is 16.9. The van der Waals surface area contributed by atoms with Crippen LogP contribution in [0.15, 0.2) is 48.5 Å². The van der Waals surface area contributed by atoms with Gasteiger partial charge >= 0.3 is 0 Å². The number of rotatable bonds is 6. The van der Waals surface area contributed by atoms with Gasteiger partial charge in [0.25, 0.3) is 0 Å². The molecule has 0 radical (unpaired) electrons. The van der Waals surface area contributed by atoms with Gasteiger partial charge in [0.05, 0.1) is 6.61 Å². The first-order valence-electron chi connectivity index (χ1n) is 8.46. The van der Waals surface area contributed by atoms with Crippen LogP contribution >= 0.6 is 0 Å². The van der Waals surface area contributed by atoms with Crippen molar-refractivity contribution in [2.45, 2.75) is 32.4 Å². The third kappa shape index (κ3) is 3.83. The number of aliphatic hydroxyl groups is 1. The SMILES string of the molecule is CC(=O)Nc1ccc(CN(CCO)[C@H]2CCc3ccccc32)cc1. The van der Waals surface area contributed by atoms with Crippen molar-refractivity contribution in [2.75, 3.05) is 18.5 Å². The molecule has 1 aliphatic rings. The van der Waals surface area contributed by atoms with Gasteiger partial charge in [-0.2, -0.15) is 0 Å². The number of fused-ring (bicyclic) bond motifs is 1. The van der Waals surface area contributed by atoms with E-state index in [0.717, 1.165) is 25.1 Å². The Morgan fingerprint density at radius 2 is 1.96 bits per heavy atom. The van der Waals surface area contributed by atoms with Crippen LogP contribution in [0.5, 0.6) is 0 Å². The zero-order chi connectivity index (χ0) is 16.9. The van der Waals surface area contributed by atoms with Crippen molar-refractivity contribution in [3.05, 3.63) is 65.2 Å². The monoisotopic (exact) mass is 324 g/mol. The molecule has 2 N–H and O–H groups in total. The van der Waals surface area contributed by atoms with E-state index in [2.05, 4.69) is 34.5 Å². The zero-order valence-corrected chi connectivity index (χ0v) is 14.0. The average molecular weight is 324 g/mol. The second kappa shape index (κ2) is 7.60. The number of amides is 1. The fourth-order valence-corrected chi connectivity index (χ4v) is 3.52. The molecule has 0 fully saturated rings. The van der Waals surface area contributed by atoms with E-state index in [-0.39, 0.29) is 12.5 Å². The first-order chi connectivity index (χ1) is 11.7. The lowest BCUT2D eigenvalue weighted by Crippen LogP contribution is -2.30. The van der Waals surface area contributed by atoms with E-state index >= 15 is 0 Å². The third-order valence-electron chi connectivity index (χ3n) is 4.59. The van der Waals surface area contributed by atoms with Gasteiger partial charge in [0, 0.05) is 31.7 Å². The summed E-state index contributed by atoms with van der Waals surface area (Å²) in [7, 11) is 0. The first-order valence-corrected chi connectivity index (χ1v) is 8.46. The molecule has 1 amide bonds. The second-order valence-electron chi connectivity index (χ2n) is 6.33. The maximum Gasteiger partial charge on any atom is 0.221 e. The summed E-state index contributed by atoms with van der Waals surface area (Å²) in [5.41, 5.74) is 4.81. The third-order valence-corrected chi connectivity index (χ3v) is 4.59. The van der Waals surface area contributed by atoms with Gasteiger partial charge in [-0.25, -0.2) is 0 Å². The van der Waals surface area contributed by atoms with Crippen molar-refractivity contribution >= 4 is 11.6 Å². The molecule has 2 aromatic carbocycles. The van der Waals surface area contributed by atoms with Crippen LogP contribution in [0, 0.1) is 0 Å². The Morgan fingerprint density at radius 1 is 1.21 bits per heavy atom. The molecule has 0 unspecified atom stereocenters. The fraction of sp³-hybridized carbons (Fsp3) is 0.350. The molecular formula is C20H24N2O2. The van der Waals surface area contributed by atoms with E-state index < -0.39 is 0 Å². The van der Waals surface area contributed by atoms with Crippen LogP contribution in [0.1, 0.15) is 36.1 Å². The van der Waals surface area contributed by atoms with Crippen LogP contribution in [0.25, 0.3) is 0 Å². The lowest BCUT2D eigenvalue weighted by molar-refractivity contribution is -0.114. The van der Waals surface area contributed by atoms with Gasteiger partial charge in [-0.05, 0) is 41.7 Å². The van der Waals surface area contributed by atoms with Crippen LogP contribution in [0.4, 0.5) is 5.69 Å². The maximum atomic E-state index is 11.1. The predicted molar refractivity (Wildman–Crippen MR) is 95.7 cm³/mol. The number of hydrogen-bond donors (Lipinski definition) is 2. The number of benzene rings is 2. The van der Waals surface area contributed by atoms with Gasteiger partial charge in [0.15, 0.2) is 0 Å². The number of nitrogens with one attached hydrogen (secondary N) is 1. The van der Waals surface area contributed by atoms with Crippen molar-refractivity contribution in [3.8, 4) is 0 Å². The molecule has 3 rings (SSSR count). The molecular weight excluding hydrogens is 300 g/mol. The van der Waals surface area contributed by atoms with E-state index in [0.29, 0.717) is 12.6 Å². The molecule has 24 heavy (non-hydrogen) atoms. The Morgan fingerprint density at radius 3 is 2.67 bits per heavy atom. The van der Waals surface area contributed by atoms with E-state index in [1.807, 2.05) is 24.3 Å². The Labute approximate surface area is 143 Å². The minimum absolute atomic E-state index is 0.0628.